The van der Waals surface area contributed by atoms with E-state index in [1.807, 2.05) is 19.1 Å². The molecule has 7 nitrogen and oxygen atoms in total. The van der Waals surface area contributed by atoms with E-state index in [4.69, 9.17) is 0 Å². The summed E-state index contributed by atoms with van der Waals surface area (Å²) in [5.74, 6) is 1.60. The van der Waals surface area contributed by atoms with Crippen LogP contribution in [0.4, 0.5) is 11.5 Å². The first-order valence-electron chi connectivity index (χ1n) is 8.86. The third-order valence-corrected chi connectivity index (χ3v) is 4.86. The molecule has 0 fully saturated rings. The van der Waals surface area contributed by atoms with Gasteiger partial charge in [0, 0.05) is 24.5 Å². The monoisotopic (exact) mass is 357 g/mol. The summed E-state index contributed by atoms with van der Waals surface area (Å²) in [5, 5.41) is 19.1. The molecule has 0 spiro atoms. The molecular formula is C20H19N7. The van der Waals surface area contributed by atoms with Crippen LogP contribution in [-0.4, -0.2) is 29.4 Å². The summed E-state index contributed by atoms with van der Waals surface area (Å²) >= 11 is 0. The lowest BCUT2D eigenvalue weighted by Gasteiger charge is -2.11. The number of nitrogens with zero attached hydrogens (tertiary/aromatic N) is 5. The molecule has 2 N–H and O–H groups in total. The molecule has 0 bridgehead atoms. The summed E-state index contributed by atoms with van der Waals surface area (Å²) < 4.78 is 4.41. The molecule has 5 rings (SSSR count). The Balaban J connectivity index is 1.73. The second-order valence-electron chi connectivity index (χ2n) is 6.68. The summed E-state index contributed by atoms with van der Waals surface area (Å²) in [4.78, 5) is 0. The van der Waals surface area contributed by atoms with Crippen LogP contribution in [0.1, 0.15) is 17.1 Å². The van der Waals surface area contributed by atoms with Gasteiger partial charge in [-0.2, -0.15) is 5.10 Å². The minimum atomic E-state index is 0.745. The van der Waals surface area contributed by atoms with E-state index in [1.165, 1.54) is 11.3 Å². The molecule has 0 saturated heterocycles. The van der Waals surface area contributed by atoms with Crippen LogP contribution in [-0.2, 0) is 6.54 Å². The van der Waals surface area contributed by atoms with Gasteiger partial charge in [0.1, 0.15) is 5.82 Å². The fourth-order valence-electron chi connectivity index (χ4n) is 3.57. The van der Waals surface area contributed by atoms with Gasteiger partial charge in [-0.1, -0.05) is 30.3 Å². The molecule has 4 aromatic heterocycles. The van der Waals surface area contributed by atoms with Gasteiger partial charge in [-0.05, 0) is 31.5 Å². The minimum Gasteiger partial charge on any atom is -0.339 e. The van der Waals surface area contributed by atoms with Crippen molar-refractivity contribution in [3.8, 4) is 0 Å². The molecule has 0 saturated carbocycles. The number of hydrogen-bond acceptors (Lipinski definition) is 4. The Labute approximate surface area is 155 Å². The van der Waals surface area contributed by atoms with Crippen LogP contribution in [0.3, 0.4) is 0 Å². The van der Waals surface area contributed by atoms with Gasteiger partial charge in [0.2, 0.25) is 0 Å². The first-order valence-corrected chi connectivity index (χ1v) is 8.86. The molecule has 0 atom stereocenters. The molecular weight excluding hydrogens is 338 g/mol. The Bertz CT molecular complexity index is 1230. The zero-order valence-electron chi connectivity index (χ0n) is 15.1. The van der Waals surface area contributed by atoms with Crippen molar-refractivity contribution in [3.63, 3.8) is 0 Å². The molecule has 134 valence electrons. The van der Waals surface area contributed by atoms with Crippen molar-refractivity contribution in [2.75, 3.05) is 5.32 Å². The Kier molecular flexibility index (Phi) is 3.46. The van der Waals surface area contributed by atoms with E-state index < -0.39 is 0 Å². The number of H-pyrrole nitrogens is 1. The Morgan fingerprint density at radius 3 is 2.63 bits per heavy atom. The third kappa shape index (κ3) is 2.55. The molecule has 7 heteroatoms. The lowest BCUT2D eigenvalue weighted by Crippen LogP contribution is -2.03. The maximum Gasteiger partial charge on any atom is 0.185 e. The van der Waals surface area contributed by atoms with Crippen molar-refractivity contribution >= 4 is 28.2 Å². The van der Waals surface area contributed by atoms with Gasteiger partial charge < -0.3 is 9.88 Å². The van der Waals surface area contributed by atoms with E-state index in [9.17, 15) is 0 Å². The number of aryl methyl sites for hydroxylation is 2. The summed E-state index contributed by atoms with van der Waals surface area (Å²) in [7, 11) is 0. The molecule has 0 aliphatic heterocycles. The Hall–Kier alpha value is -3.61. The van der Waals surface area contributed by atoms with E-state index in [0.717, 1.165) is 40.6 Å². The van der Waals surface area contributed by atoms with Gasteiger partial charge in [-0.15, -0.1) is 10.2 Å². The van der Waals surface area contributed by atoms with Crippen molar-refractivity contribution in [2.45, 2.75) is 20.4 Å². The number of pyridine rings is 1. The number of anilines is 2. The predicted octanol–water partition coefficient (Wildman–Crippen LogP) is 3.82. The maximum absolute atomic E-state index is 4.38. The highest BCUT2D eigenvalue weighted by Crippen LogP contribution is 2.29. The first kappa shape index (κ1) is 15.6. The molecule has 0 amide bonds. The van der Waals surface area contributed by atoms with E-state index in [1.54, 1.807) is 6.20 Å². The fourth-order valence-corrected chi connectivity index (χ4v) is 3.57. The SMILES string of the molecule is Cc1cc2c(cc(Nc3cc[nH]n3)c3nnc(C)n32)n1Cc1ccccc1. The molecule has 0 aliphatic rings. The number of hydrogen-bond donors (Lipinski definition) is 2. The molecule has 0 unspecified atom stereocenters. The van der Waals surface area contributed by atoms with Crippen molar-refractivity contribution in [2.24, 2.45) is 0 Å². The number of nitrogens with one attached hydrogen (secondary N) is 2. The second-order valence-corrected chi connectivity index (χ2v) is 6.68. The molecule has 0 aliphatic carbocycles. The van der Waals surface area contributed by atoms with Crippen LogP contribution in [0.2, 0.25) is 0 Å². The Morgan fingerprint density at radius 2 is 1.85 bits per heavy atom. The lowest BCUT2D eigenvalue weighted by molar-refractivity contribution is 0.805. The average molecular weight is 357 g/mol. The van der Waals surface area contributed by atoms with E-state index in [-0.39, 0.29) is 0 Å². The summed E-state index contributed by atoms with van der Waals surface area (Å²) in [6, 6.07) is 16.7. The minimum absolute atomic E-state index is 0.745. The molecule has 5 aromatic rings. The molecule has 1 aromatic carbocycles. The number of rotatable bonds is 4. The normalized spacial score (nSPS) is 11.5. The van der Waals surface area contributed by atoms with Crippen LogP contribution in [0.5, 0.6) is 0 Å². The summed E-state index contributed by atoms with van der Waals surface area (Å²) in [6.45, 7) is 4.92. The van der Waals surface area contributed by atoms with Crippen LogP contribution < -0.4 is 5.32 Å². The molecule has 4 heterocycles. The zero-order chi connectivity index (χ0) is 18.4. The number of aromatic amines is 1. The van der Waals surface area contributed by atoms with Gasteiger partial charge in [-0.25, -0.2) is 0 Å². The van der Waals surface area contributed by atoms with Gasteiger partial charge in [0.25, 0.3) is 0 Å². The van der Waals surface area contributed by atoms with Crippen molar-refractivity contribution in [1.29, 1.82) is 0 Å². The van der Waals surface area contributed by atoms with E-state index >= 15 is 0 Å². The van der Waals surface area contributed by atoms with Crippen LogP contribution in [0, 0.1) is 13.8 Å². The van der Waals surface area contributed by atoms with Gasteiger partial charge in [0.15, 0.2) is 11.5 Å². The second kappa shape index (κ2) is 5.98. The standard InChI is InChI=1S/C20H19N7/c1-13-10-18-17(26(13)12-15-6-4-3-5-7-15)11-16(22-19-8-9-21-24-19)20-25-23-14(2)27(18)20/h3-11H,12H2,1-2H3,(H2,21,22,24). The topological polar surface area (TPSA) is 75.8 Å². The highest BCUT2D eigenvalue weighted by molar-refractivity contribution is 5.89. The van der Waals surface area contributed by atoms with Crippen LogP contribution >= 0.6 is 0 Å². The Morgan fingerprint density at radius 1 is 1.00 bits per heavy atom. The van der Waals surface area contributed by atoms with E-state index in [0.29, 0.717) is 0 Å². The zero-order valence-corrected chi connectivity index (χ0v) is 15.1. The maximum atomic E-state index is 4.38. The van der Waals surface area contributed by atoms with Crippen molar-refractivity contribution < 1.29 is 0 Å². The van der Waals surface area contributed by atoms with Gasteiger partial charge in [-0.3, -0.25) is 9.50 Å². The fraction of sp³-hybridized carbons (Fsp3) is 0.150. The number of aromatic nitrogens is 6. The van der Waals surface area contributed by atoms with Crippen molar-refractivity contribution in [1.82, 2.24) is 29.4 Å². The quantitative estimate of drug-likeness (QED) is 0.513. The highest BCUT2D eigenvalue weighted by atomic mass is 15.3. The number of benzene rings is 1. The average Bonchev–Trinajstić information content (AvgIpc) is 3.38. The van der Waals surface area contributed by atoms with Crippen LogP contribution in [0.25, 0.3) is 16.7 Å². The van der Waals surface area contributed by atoms with E-state index in [2.05, 4.69) is 78.0 Å². The lowest BCUT2D eigenvalue weighted by atomic mass is 10.2. The largest absolute Gasteiger partial charge is 0.339 e. The smallest absolute Gasteiger partial charge is 0.185 e. The van der Waals surface area contributed by atoms with Gasteiger partial charge >= 0.3 is 0 Å². The number of fused-ring (bicyclic) bond motifs is 3. The first-order chi connectivity index (χ1) is 13.2. The third-order valence-electron chi connectivity index (χ3n) is 4.86. The predicted molar refractivity (Wildman–Crippen MR) is 105 cm³/mol. The highest BCUT2D eigenvalue weighted by Gasteiger charge is 2.16. The summed E-state index contributed by atoms with van der Waals surface area (Å²) in [6.07, 6.45) is 1.79. The van der Waals surface area contributed by atoms with Crippen molar-refractivity contribution in [3.05, 3.63) is 71.8 Å². The summed E-state index contributed by atoms with van der Waals surface area (Å²) in [5.41, 5.74) is 6.36. The molecule has 27 heavy (non-hydrogen) atoms. The van der Waals surface area contributed by atoms with Gasteiger partial charge in [0.05, 0.1) is 16.7 Å². The molecule has 0 radical (unpaired) electrons. The van der Waals surface area contributed by atoms with Crippen LogP contribution in [0.15, 0.2) is 54.7 Å².